The molecular weight excluding hydrogens is 584 g/mol. The number of nitrogens with zero attached hydrogens (tertiary/aromatic N) is 1. The summed E-state index contributed by atoms with van der Waals surface area (Å²) in [6, 6.07) is 8.07. The lowest BCUT2D eigenvalue weighted by Gasteiger charge is -2.27. The van der Waals surface area contributed by atoms with Crippen LogP contribution in [0.4, 0.5) is 0 Å². The Morgan fingerprint density at radius 1 is 0.867 bits per heavy atom. The van der Waals surface area contributed by atoms with Crippen LogP contribution >= 0.6 is 0 Å². The van der Waals surface area contributed by atoms with Gasteiger partial charge in [-0.1, -0.05) is 56.3 Å². The van der Waals surface area contributed by atoms with Gasteiger partial charge in [0.05, 0.1) is 13.0 Å². The summed E-state index contributed by atoms with van der Waals surface area (Å²) in [5.41, 5.74) is 11.4. The summed E-state index contributed by atoms with van der Waals surface area (Å²) in [6.07, 6.45) is -0.386. The molecule has 1 heterocycles. The molecule has 2 aromatic carbocycles. The van der Waals surface area contributed by atoms with Crippen molar-refractivity contribution in [2.45, 2.75) is 63.7 Å². The van der Waals surface area contributed by atoms with Gasteiger partial charge in [-0.2, -0.15) is 0 Å². The second-order valence-corrected chi connectivity index (χ2v) is 11.1. The summed E-state index contributed by atoms with van der Waals surface area (Å²) in [7, 11) is 0. The fourth-order valence-corrected chi connectivity index (χ4v) is 4.83. The summed E-state index contributed by atoms with van der Waals surface area (Å²) in [5, 5.41) is 23.9. The number of hydrogen-bond acceptors (Lipinski definition) is 7. The molecule has 0 saturated carbocycles. The van der Waals surface area contributed by atoms with Gasteiger partial charge in [0.25, 0.3) is 0 Å². The van der Waals surface area contributed by atoms with Crippen LogP contribution in [0.2, 0.25) is 0 Å². The number of rotatable bonds is 9. The van der Waals surface area contributed by atoms with Crippen molar-refractivity contribution in [3.8, 4) is 0 Å². The molecule has 0 aliphatic carbocycles. The Morgan fingerprint density at radius 3 is 2.20 bits per heavy atom. The molecule has 0 bridgehead atoms. The molecule has 242 valence electrons. The molecule has 4 atom stereocenters. The average Bonchev–Trinajstić information content (AvgIpc) is 2.98. The number of aliphatic imine (C=N–C) groups is 1. The Kier molecular flexibility index (Phi) is 12.2. The van der Waals surface area contributed by atoms with E-state index in [0.717, 1.165) is 10.8 Å². The number of carboxylic acid groups (broad SMARTS) is 1. The maximum Gasteiger partial charge on any atom is 0.305 e. The van der Waals surface area contributed by atoms with Crippen molar-refractivity contribution in [3.63, 3.8) is 0 Å². The van der Waals surface area contributed by atoms with Crippen LogP contribution in [0.3, 0.4) is 0 Å². The van der Waals surface area contributed by atoms with Gasteiger partial charge in [-0.05, 0) is 35.1 Å². The largest absolute Gasteiger partial charge is 0.481 e. The molecule has 1 fully saturated rings. The minimum atomic E-state index is -1.56. The van der Waals surface area contributed by atoms with Crippen molar-refractivity contribution in [1.82, 2.24) is 26.6 Å². The van der Waals surface area contributed by atoms with E-state index in [-0.39, 0.29) is 25.3 Å². The van der Waals surface area contributed by atoms with Crippen molar-refractivity contribution in [3.05, 3.63) is 48.0 Å². The third kappa shape index (κ3) is 10.5. The number of carbonyl (C=O) groups is 6. The lowest BCUT2D eigenvalue weighted by molar-refractivity contribution is -0.141. The summed E-state index contributed by atoms with van der Waals surface area (Å²) in [4.78, 5) is 81.6. The number of nitrogens with one attached hydrogen (secondary N) is 5. The van der Waals surface area contributed by atoms with E-state index in [1.807, 2.05) is 36.4 Å². The van der Waals surface area contributed by atoms with Crippen molar-refractivity contribution >= 4 is 52.2 Å². The number of fused-ring (bicyclic) bond motifs is 1. The normalized spacial score (nSPS) is 21.8. The summed E-state index contributed by atoms with van der Waals surface area (Å²) in [6.45, 7) is 2.98. The minimum absolute atomic E-state index is 0.00393. The lowest BCUT2D eigenvalue weighted by Crippen LogP contribution is -2.59. The van der Waals surface area contributed by atoms with Crippen LogP contribution < -0.4 is 38.1 Å². The predicted octanol–water partition coefficient (Wildman–Crippen LogP) is -1.36. The Morgan fingerprint density at radius 2 is 1.53 bits per heavy atom. The van der Waals surface area contributed by atoms with E-state index in [9.17, 15) is 33.9 Å². The number of amides is 5. The molecular formula is C30H40N8O7. The third-order valence-corrected chi connectivity index (χ3v) is 7.17. The SMILES string of the molecule is CC(C)[C@H]1NC(=O)[C@H](Cc2ccc3ccccc3c2)NC(=O)[C@H](CC(=O)O)NC(=O)CNC(=O)[C@H](CCCN=C(N)N)NC1=O. The molecule has 15 nitrogen and oxygen atoms in total. The van der Waals surface area contributed by atoms with Crippen molar-refractivity contribution in [2.24, 2.45) is 22.4 Å². The van der Waals surface area contributed by atoms with Crippen molar-refractivity contribution < 1.29 is 33.9 Å². The minimum Gasteiger partial charge on any atom is -0.481 e. The van der Waals surface area contributed by atoms with E-state index in [1.165, 1.54) is 0 Å². The van der Waals surface area contributed by atoms with Gasteiger partial charge in [-0.25, -0.2) is 0 Å². The average molecular weight is 625 g/mol. The van der Waals surface area contributed by atoms with E-state index in [1.54, 1.807) is 19.9 Å². The number of aliphatic carboxylic acids is 1. The Hall–Kier alpha value is -5.21. The fraction of sp³-hybridized carbons (Fsp3) is 0.433. The molecule has 2 aromatic rings. The molecule has 0 aromatic heterocycles. The first-order valence-electron chi connectivity index (χ1n) is 14.6. The Labute approximate surface area is 259 Å². The van der Waals surface area contributed by atoms with E-state index in [0.29, 0.717) is 12.0 Å². The molecule has 0 radical (unpaired) electrons. The molecule has 15 heteroatoms. The molecule has 0 spiro atoms. The maximum atomic E-state index is 13.7. The number of benzene rings is 2. The predicted molar refractivity (Wildman–Crippen MR) is 165 cm³/mol. The van der Waals surface area contributed by atoms with Crippen molar-refractivity contribution in [2.75, 3.05) is 13.1 Å². The zero-order chi connectivity index (χ0) is 33.1. The molecule has 10 N–H and O–H groups in total. The second-order valence-electron chi connectivity index (χ2n) is 11.1. The standard InChI is InChI=1S/C30H40N8O7/c1-16(2)25-29(45)36-20(8-5-11-33-30(31)32)26(42)34-15-23(39)35-22(14-24(40)41)27(43)37-21(28(44)38-25)13-17-9-10-18-6-3-4-7-19(18)12-17/h3-4,6-7,9-10,12,16,20-22,25H,5,8,11,13-15H2,1-2H3,(H,34,42)(H,35,39)(H,36,45)(H,37,43)(H,38,44)(H,40,41)(H4,31,32,33)/t20-,21-,22-,25+/m0/s1. The van der Waals surface area contributed by atoms with Gasteiger partial charge in [-0.15, -0.1) is 0 Å². The first-order chi connectivity index (χ1) is 21.3. The summed E-state index contributed by atoms with van der Waals surface area (Å²) >= 11 is 0. The van der Waals surface area contributed by atoms with Gasteiger partial charge in [0.1, 0.15) is 24.2 Å². The van der Waals surface area contributed by atoms with Crippen LogP contribution in [0, 0.1) is 5.92 Å². The highest BCUT2D eigenvalue weighted by Gasteiger charge is 2.34. The third-order valence-electron chi connectivity index (χ3n) is 7.17. The van der Waals surface area contributed by atoms with Crippen LogP contribution in [-0.2, 0) is 35.2 Å². The monoisotopic (exact) mass is 624 g/mol. The Bertz CT molecular complexity index is 1460. The van der Waals surface area contributed by atoms with Crippen molar-refractivity contribution in [1.29, 1.82) is 0 Å². The smallest absolute Gasteiger partial charge is 0.305 e. The van der Waals surface area contributed by atoms with Gasteiger partial charge in [0.2, 0.25) is 29.5 Å². The molecule has 1 aliphatic heterocycles. The van der Waals surface area contributed by atoms with Crippen LogP contribution in [0.1, 0.15) is 38.7 Å². The highest BCUT2D eigenvalue weighted by molar-refractivity contribution is 5.98. The highest BCUT2D eigenvalue weighted by Crippen LogP contribution is 2.17. The fourth-order valence-electron chi connectivity index (χ4n) is 4.83. The van der Waals surface area contributed by atoms with Gasteiger partial charge in [0.15, 0.2) is 5.96 Å². The lowest BCUT2D eigenvalue weighted by atomic mass is 9.98. The van der Waals surface area contributed by atoms with Gasteiger partial charge >= 0.3 is 5.97 Å². The van der Waals surface area contributed by atoms with E-state index in [4.69, 9.17) is 11.5 Å². The molecule has 3 rings (SSSR count). The summed E-state index contributed by atoms with van der Waals surface area (Å²) in [5.74, 6) is -5.79. The Balaban J connectivity index is 1.96. The molecule has 45 heavy (non-hydrogen) atoms. The van der Waals surface area contributed by atoms with E-state index in [2.05, 4.69) is 31.6 Å². The quantitative estimate of drug-likeness (QED) is 0.0930. The number of guanidine groups is 1. The first kappa shape index (κ1) is 34.3. The zero-order valence-corrected chi connectivity index (χ0v) is 25.2. The van der Waals surface area contributed by atoms with Crippen LogP contribution in [0.15, 0.2) is 47.5 Å². The highest BCUT2D eigenvalue weighted by atomic mass is 16.4. The van der Waals surface area contributed by atoms with E-state index < -0.39 is 78.6 Å². The van der Waals surface area contributed by atoms with Crippen LogP contribution in [0.5, 0.6) is 0 Å². The maximum absolute atomic E-state index is 13.7. The number of hydrogen-bond donors (Lipinski definition) is 8. The van der Waals surface area contributed by atoms with Gasteiger partial charge in [-0.3, -0.25) is 33.8 Å². The topological polar surface area (TPSA) is 247 Å². The summed E-state index contributed by atoms with van der Waals surface area (Å²) < 4.78 is 0. The molecule has 5 amide bonds. The van der Waals surface area contributed by atoms with Gasteiger partial charge < -0.3 is 43.2 Å². The first-order valence-corrected chi connectivity index (χ1v) is 14.6. The zero-order valence-electron chi connectivity index (χ0n) is 25.2. The van der Waals surface area contributed by atoms with Crippen LogP contribution in [-0.4, -0.2) is 83.8 Å². The number of nitrogens with two attached hydrogens (primary N) is 2. The number of carbonyl (C=O) groups excluding carboxylic acids is 5. The van der Waals surface area contributed by atoms with Gasteiger partial charge in [0, 0.05) is 13.0 Å². The molecule has 1 aliphatic rings. The molecule has 0 unspecified atom stereocenters. The molecule has 1 saturated heterocycles. The van der Waals surface area contributed by atoms with E-state index >= 15 is 0 Å². The van der Waals surface area contributed by atoms with Crippen LogP contribution in [0.25, 0.3) is 10.8 Å². The number of carboxylic acids is 1. The second kappa shape index (κ2) is 16.0.